The number of aromatic hydroxyl groups is 1. The second-order valence-electron chi connectivity index (χ2n) is 9.07. The predicted octanol–water partition coefficient (Wildman–Crippen LogP) is 5.75. The summed E-state index contributed by atoms with van der Waals surface area (Å²) in [5.74, 6) is 0.502. The molecule has 0 saturated heterocycles. The van der Waals surface area contributed by atoms with E-state index in [9.17, 15) is 9.90 Å². The lowest BCUT2D eigenvalue weighted by Gasteiger charge is -2.40. The van der Waals surface area contributed by atoms with Gasteiger partial charge in [-0.2, -0.15) is 0 Å². The Morgan fingerprint density at radius 3 is 2.67 bits per heavy atom. The van der Waals surface area contributed by atoms with Crippen molar-refractivity contribution in [3.05, 3.63) is 77.0 Å². The molecular weight excluding hydrogens is 374 g/mol. The first-order valence-corrected chi connectivity index (χ1v) is 10.3. The number of fused-ring (bicyclic) bond motifs is 3. The molecule has 1 unspecified atom stereocenters. The third kappa shape index (κ3) is 2.86. The maximum Gasteiger partial charge on any atom is 0.162 e. The smallest absolute Gasteiger partial charge is 0.162 e. The SMILES string of the molecule is COc1cc(C2C3=C(CC(C)(C)CC3=O)Nc3c2ccc2ccccc32)ccc1O. The number of ketones is 1. The van der Waals surface area contributed by atoms with Crippen LogP contribution in [0.5, 0.6) is 11.5 Å². The number of carbonyl (C=O) groups is 1. The van der Waals surface area contributed by atoms with Gasteiger partial charge in [-0.25, -0.2) is 0 Å². The Hall–Kier alpha value is -3.27. The van der Waals surface area contributed by atoms with Crippen LogP contribution >= 0.6 is 0 Å². The van der Waals surface area contributed by atoms with Gasteiger partial charge in [0.1, 0.15) is 0 Å². The van der Waals surface area contributed by atoms with Crippen molar-refractivity contribution in [3.63, 3.8) is 0 Å². The number of methoxy groups -OCH3 is 1. The molecule has 1 heterocycles. The molecule has 152 valence electrons. The molecule has 0 aromatic heterocycles. The number of benzene rings is 3. The first-order chi connectivity index (χ1) is 14.4. The van der Waals surface area contributed by atoms with E-state index in [1.54, 1.807) is 13.2 Å². The van der Waals surface area contributed by atoms with Crippen LogP contribution in [0.15, 0.2) is 65.9 Å². The summed E-state index contributed by atoms with van der Waals surface area (Å²) in [4.78, 5) is 13.3. The van der Waals surface area contributed by atoms with Crippen LogP contribution in [0.2, 0.25) is 0 Å². The quantitative estimate of drug-likeness (QED) is 0.576. The second-order valence-corrected chi connectivity index (χ2v) is 9.07. The molecular formula is C26H25NO3. The zero-order valence-corrected chi connectivity index (χ0v) is 17.5. The van der Waals surface area contributed by atoms with E-state index >= 15 is 0 Å². The Morgan fingerprint density at radius 1 is 1.07 bits per heavy atom. The Bertz CT molecular complexity index is 1220. The van der Waals surface area contributed by atoms with E-state index in [1.807, 2.05) is 24.3 Å². The van der Waals surface area contributed by atoms with E-state index in [0.717, 1.165) is 45.3 Å². The van der Waals surface area contributed by atoms with Crippen molar-refractivity contribution < 1.29 is 14.6 Å². The molecule has 0 radical (unpaired) electrons. The molecule has 3 aromatic carbocycles. The maximum atomic E-state index is 13.3. The normalized spacial score (nSPS) is 19.8. The number of Topliss-reactive ketones (excluding diaryl/α,β-unsaturated/α-hetero) is 1. The van der Waals surface area contributed by atoms with Crippen LogP contribution < -0.4 is 10.1 Å². The Morgan fingerprint density at radius 2 is 1.87 bits per heavy atom. The zero-order chi connectivity index (χ0) is 21.0. The molecule has 0 bridgehead atoms. The summed E-state index contributed by atoms with van der Waals surface area (Å²) in [6.07, 6.45) is 1.35. The summed E-state index contributed by atoms with van der Waals surface area (Å²) in [5.41, 5.74) is 4.86. The number of hydrogen-bond acceptors (Lipinski definition) is 4. The Kier molecular flexibility index (Phi) is 4.14. The number of ether oxygens (including phenoxy) is 1. The van der Waals surface area contributed by atoms with Crippen LogP contribution in [0.25, 0.3) is 10.8 Å². The van der Waals surface area contributed by atoms with Crippen molar-refractivity contribution in [3.8, 4) is 11.5 Å². The molecule has 0 spiro atoms. The lowest BCUT2D eigenvalue weighted by Crippen LogP contribution is -2.33. The highest BCUT2D eigenvalue weighted by Crippen LogP contribution is 2.51. The number of hydrogen-bond donors (Lipinski definition) is 2. The van der Waals surface area contributed by atoms with E-state index in [-0.39, 0.29) is 22.9 Å². The van der Waals surface area contributed by atoms with Gasteiger partial charge in [0.15, 0.2) is 17.3 Å². The molecule has 5 rings (SSSR count). The van der Waals surface area contributed by atoms with Gasteiger partial charge in [-0.3, -0.25) is 4.79 Å². The van der Waals surface area contributed by atoms with Crippen molar-refractivity contribution in [2.75, 3.05) is 12.4 Å². The fourth-order valence-corrected chi connectivity index (χ4v) is 4.98. The summed E-state index contributed by atoms with van der Waals surface area (Å²) < 4.78 is 5.36. The third-order valence-corrected chi connectivity index (χ3v) is 6.29. The molecule has 1 aliphatic carbocycles. The van der Waals surface area contributed by atoms with Crippen LogP contribution in [0.1, 0.15) is 43.7 Å². The number of anilines is 1. The summed E-state index contributed by atoms with van der Waals surface area (Å²) in [6.45, 7) is 4.29. The first-order valence-electron chi connectivity index (χ1n) is 10.3. The van der Waals surface area contributed by atoms with E-state index in [2.05, 4.69) is 43.4 Å². The fraction of sp³-hybridized carbons (Fsp3) is 0.269. The van der Waals surface area contributed by atoms with Gasteiger partial charge in [-0.05, 0) is 40.5 Å². The minimum atomic E-state index is -0.195. The summed E-state index contributed by atoms with van der Waals surface area (Å²) in [7, 11) is 1.54. The highest BCUT2D eigenvalue weighted by atomic mass is 16.5. The standard InChI is InChI=1S/C26H25NO3/c1-26(2)13-19-24(21(29)14-26)23(16-9-11-20(28)22(12-16)30-3)18-10-8-15-6-4-5-7-17(15)25(18)27-19/h4-12,23,27-28H,13-14H2,1-3H3. The van der Waals surface area contributed by atoms with Gasteiger partial charge in [-0.15, -0.1) is 0 Å². The van der Waals surface area contributed by atoms with Crippen LogP contribution in [0, 0.1) is 5.41 Å². The van der Waals surface area contributed by atoms with Gasteiger partial charge in [-0.1, -0.05) is 56.3 Å². The maximum absolute atomic E-state index is 13.3. The molecule has 30 heavy (non-hydrogen) atoms. The average Bonchev–Trinajstić information content (AvgIpc) is 2.72. The zero-order valence-electron chi connectivity index (χ0n) is 17.5. The highest BCUT2D eigenvalue weighted by molar-refractivity contribution is 6.05. The molecule has 0 amide bonds. The van der Waals surface area contributed by atoms with E-state index < -0.39 is 0 Å². The lowest BCUT2D eigenvalue weighted by molar-refractivity contribution is -0.118. The molecule has 4 nitrogen and oxygen atoms in total. The summed E-state index contributed by atoms with van der Waals surface area (Å²) in [5, 5.41) is 16.1. The van der Waals surface area contributed by atoms with Crippen LogP contribution in [0.4, 0.5) is 5.69 Å². The monoisotopic (exact) mass is 399 g/mol. The highest BCUT2D eigenvalue weighted by Gasteiger charge is 2.41. The van der Waals surface area contributed by atoms with Crippen molar-refractivity contribution in [1.29, 1.82) is 0 Å². The molecule has 2 N–H and O–H groups in total. The minimum absolute atomic E-state index is 0.0812. The van der Waals surface area contributed by atoms with Crippen molar-refractivity contribution in [1.82, 2.24) is 0 Å². The number of rotatable bonds is 2. The van der Waals surface area contributed by atoms with Gasteiger partial charge in [0.25, 0.3) is 0 Å². The van der Waals surface area contributed by atoms with Crippen molar-refractivity contribution in [2.24, 2.45) is 5.41 Å². The summed E-state index contributed by atoms with van der Waals surface area (Å²) in [6, 6.07) is 17.9. The average molecular weight is 399 g/mol. The second kappa shape index (κ2) is 6.63. The molecule has 0 fully saturated rings. The molecule has 0 saturated carbocycles. The van der Waals surface area contributed by atoms with E-state index in [4.69, 9.17) is 4.74 Å². The van der Waals surface area contributed by atoms with Crippen LogP contribution in [-0.2, 0) is 4.79 Å². The predicted molar refractivity (Wildman–Crippen MR) is 119 cm³/mol. The van der Waals surface area contributed by atoms with Gasteiger partial charge in [0.05, 0.1) is 12.8 Å². The van der Waals surface area contributed by atoms with Crippen molar-refractivity contribution in [2.45, 2.75) is 32.6 Å². The number of nitrogens with one attached hydrogen (secondary N) is 1. The fourth-order valence-electron chi connectivity index (χ4n) is 4.98. The largest absolute Gasteiger partial charge is 0.504 e. The van der Waals surface area contributed by atoms with Crippen LogP contribution in [0.3, 0.4) is 0 Å². The van der Waals surface area contributed by atoms with Crippen LogP contribution in [-0.4, -0.2) is 18.0 Å². The van der Waals surface area contributed by atoms with E-state index in [1.165, 1.54) is 0 Å². The molecule has 4 heteroatoms. The molecule has 2 aliphatic rings. The number of phenolic OH excluding ortho intramolecular Hbond substituents is 1. The number of carbonyl (C=O) groups excluding carboxylic acids is 1. The van der Waals surface area contributed by atoms with E-state index in [0.29, 0.717) is 12.2 Å². The molecule has 1 aliphatic heterocycles. The van der Waals surface area contributed by atoms with Gasteiger partial charge < -0.3 is 15.2 Å². The first kappa shape index (κ1) is 18.7. The van der Waals surface area contributed by atoms with Gasteiger partial charge in [0, 0.05) is 29.0 Å². The van der Waals surface area contributed by atoms with Gasteiger partial charge >= 0.3 is 0 Å². The Labute approximate surface area is 176 Å². The Balaban J connectivity index is 1.79. The minimum Gasteiger partial charge on any atom is -0.504 e. The number of allylic oxidation sites excluding steroid dienone is 2. The topological polar surface area (TPSA) is 58.6 Å². The molecule has 3 aromatic rings. The number of phenols is 1. The summed E-state index contributed by atoms with van der Waals surface area (Å²) >= 11 is 0. The lowest BCUT2D eigenvalue weighted by atomic mass is 9.68. The van der Waals surface area contributed by atoms with Gasteiger partial charge in [0.2, 0.25) is 0 Å². The third-order valence-electron chi connectivity index (χ3n) is 6.29. The van der Waals surface area contributed by atoms with Crippen molar-refractivity contribution >= 4 is 22.2 Å². The molecule has 1 atom stereocenters.